The van der Waals surface area contributed by atoms with Gasteiger partial charge in [0.15, 0.2) is 0 Å². The first-order valence-electron chi connectivity index (χ1n) is 14.2. The monoisotopic (exact) mass is 626 g/mol. The maximum Gasteiger partial charge on any atom is 0.411 e. The minimum Gasteiger partial charge on any atom is -0.480 e. The number of aliphatic carboxylic acids is 1. The summed E-state index contributed by atoms with van der Waals surface area (Å²) in [6, 6.07) is 7.97. The fourth-order valence-electron chi connectivity index (χ4n) is 4.47. The molecule has 1 aromatic rings. The van der Waals surface area contributed by atoms with E-state index in [1.54, 1.807) is 44.3 Å². The number of amides is 3. The molecule has 2 fully saturated rings. The van der Waals surface area contributed by atoms with E-state index in [9.17, 15) is 29.4 Å². The van der Waals surface area contributed by atoms with Gasteiger partial charge in [0, 0.05) is 19.0 Å². The SMILES string of the molecule is CC(C)(C)OC(=O)N1CC2(C[C@H]1C(=O)O)SCCCS2.CCCC(N)C(O)C(=O)NCC(=O)N[C@H](C)c1ccccc1. The number of carboxylic acids is 1. The molecule has 0 aromatic heterocycles. The number of nitrogens with two attached hydrogens (primary N) is 1. The molecule has 42 heavy (non-hydrogen) atoms. The zero-order chi connectivity index (χ0) is 31.5. The summed E-state index contributed by atoms with van der Waals surface area (Å²) in [5.74, 6) is 0.173. The molecule has 2 saturated heterocycles. The van der Waals surface area contributed by atoms with Crippen molar-refractivity contribution in [1.82, 2.24) is 15.5 Å². The number of thioether (sulfide) groups is 2. The number of hydrogen-bond acceptors (Lipinski definition) is 9. The van der Waals surface area contributed by atoms with Crippen molar-refractivity contribution in [2.75, 3.05) is 24.6 Å². The molecular weight excluding hydrogens is 580 g/mol. The van der Waals surface area contributed by atoms with Crippen molar-refractivity contribution >= 4 is 47.4 Å². The molecule has 0 saturated carbocycles. The average Bonchev–Trinajstić information content (AvgIpc) is 3.31. The summed E-state index contributed by atoms with van der Waals surface area (Å²) in [7, 11) is 0. The lowest BCUT2D eigenvalue weighted by molar-refractivity contribution is -0.142. The molecule has 11 nitrogen and oxygen atoms in total. The molecule has 2 aliphatic rings. The van der Waals surface area contributed by atoms with Gasteiger partial charge in [-0.1, -0.05) is 43.7 Å². The van der Waals surface area contributed by atoms with Gasteiger partial charge in [-0.15, -0.1) is 23.5 Å². The standard InChI is InChI=1S/C16H25N3O3.C13H21NO4S2/c1-3-7-13(17)15(21)16(22)18-10-14(20)19-11(2)12-8-5-4-6-9-12;1-12(2,3)18-11(17)14-8-13(7-9(14)10(15)16)19-5-4-6-20-13/h4-6,8-9,11,13,15,21H,3,7,10,17H2,1-2H3,(H,18,22)(H,19,20);9H,4-8H2,1-3H3,(H,15,16)/t11-,13?,15?;9-/m10/s1. The van der Waals surface area contributed by atoms with Crippen LogP contribution in [0.1, 0.15) is 71.9 Å². The van der Waals surface area contributed by atoms with E-state index in [4.69, 9.17) is 10.5 Å². The third-order valence-electron chi connectivity index (χ3n) is 6.62. The number of aliphatic hydroxyl groups excluding tert-OH is 1. The molecular formula is C29H46N4O7S2. The van der Waals surface area contributed by atoms with Crippen molar-refractivity contribution in [3.63, 3.8) is 0 Å². The molecule has 2 unspecified atom stereocenters. The Bertz CT molecular complexity index is 1050. The molecule has 0 radical (unpaired) electrons. The Hall–Kier alpha value is -2.48. The average molecular weight is 627 g/mol. The van der Waals surface area contributed by atoms with Crippen molar-refractivity contribution in [1.29, 1.82) is 0 Å². The van der Waals surface area contributed by atoms with Gasteiger partial charge < -0.3 is 31.3 Å². The van der Waals surface area contributed by atoms with Crippen LogP contribution < -0.4 is 16.4 Å². The molecule has 1 spiro atoms. The van der Waals surface area contributed by atoms with E-state index in [0.717, 1.165) is 29.9 Å². The topological polar surface area (TPSA) is 171 Å². The van der Waals surface area contributed by atoms with Gasteiger partial charge >= 0.3 is 12.1 Å². The van der Waals surface area contributed by atoms with Crippen LogP contribution in [0.25, 0.3) is 0 Å². The van der Waals surface area contributed by atoms with Crippen LogP contribution >= 0.6 is 23.5 Å². The number of rotatable bonds is 9. The highest BCUT2D eigenvalue weighted by atomic mass is 32.2. The van der Waals surface area contributed by atoms with Crippen molar-refractivity contribution in [3.8, 4) is 0 Å². The molecule has 6 N–H and O–H groups in total. The smallest absolute Gasteiger partial charge is 0.411 e. The van der Waals surface area contributed by atoms with Crippen molar-refractivity contribution in [3.05, 3.63) is 35.9 Å². The van der Waals surface area contributed by atoms with Crippen LogP contribution in [0.2, 0.25) is 0 Å². The molecule has 0 bridgehead atoms. The Morgan fingerprint density at radius 2 is 1.79 bits per heavy atom. The van der Waals surface area contributed by atoms with Crippen LogP contribution in [0.15, 0.2) is 30.3 Å². The zero-order valence-electron chi connectivity index (χ0n) is 25.1. The number of carboxylic acid groups (broad SMARTS) is 1. The highest BCUT2D eigenvalue weighted by molar-refractivity contribution is 8.18. The number of carbonyl (C=O) groups is 4. The van der Waals surface area contributed by atoms with Crippen molar-refractivity contribution in [2.45, 2.75) is 94.2 Å². The minimum absolute atomic E-state index is 0.155. The van der Waals surface area contributed by atoms with Crippen LogP contribution in [0, 0.1) is 0 Å². The first-order valence-corrected chi connectivity index (χ1v) is 16.2. The van der Waals surface area contributed by atoms with Gasteiger partial charge in [-0.2, -0.15) is 0 Å². The Kier molecular flexibility index (Phi) is 13.9. The lowest BCUT2D eigenvalue weighted by Crippen LogP contribution is -2.48. The maximum absolute atomic E-state index is 12.2. The van der Waals surface area contributed by atoms with Gasteiger partial charge in [-0.05, 0) is 57.6 Å². The second kappa shape index (κ2) is 16.4. The molecule has 1 aromatic carbocycles. The van der Waals surface area contributed by atoms with Crippen LogP contribution in [0.4, 0.5) is 4.79 Å². The molecule has 3 amide bonds. The highest BCUT2D eigenvalue weighted by Gasteiger charge is 2.51. The largest absolute Gasteiger partial charge is 0.480 e. The fourth-order valence-corrected chi connectivity index (χ4v) is 7.82. The normalized spacial score (nSPS) is 20.0. The van der Waals surface area contributed by atoms with Crippen molar-refractivity contribution in [2.24, 2.45) is 5.73 Å². The number of carbonyl (C=O) groups excluding carboxylic acids is 3. The number of nitrogens with one attached hydrogen (secondary N) is 2. The first kappa shape index (κ1) is 35.7. The third kappa shape index (κ3) is 11.3. The summed E-state index contributed by atoms with van der Waals surface area (Å²) in [6.07, 6.45) is 1.15. The molecule has 3 rings (SSSR count). The summed E-state index contributed by atoms with van der Waals surface area (Å²) in [6.45, 7) is 9.41. The maximum atomic E-state index is 12.2. The highest BCUT2D eigenvalue weighted by Crippen LogP contribution is 2.50. The van der Waals surface area contributed by atoms with Gasteiger partial charge in [-0.25, -0.2) is 9.59 Å². The van der Waals surface area contributed by atoms with Gasteiger partial charge in [0.2, 0.25) is 5.91 Å². The molecule has 2 heterocycles. The van der Waals surface area contributed by atoms with Gasteiger partial charge in [0.25, 0.3) is 5.91 Å². The van der Waals surface area contributed by atoms with Crippen LogP contribution in [0.3, 0.4) is 0 Å². The predicted octanol–water partition coefficient (Wildman–Crippen LogP) is 3.12. The predicted molar refractivity (Wildman–Crippen MR) is 166 cm³/mol. The van der Waals surface area contributed by atoms with Crippen LogP contribution in [0.5, 0.6) is 0 Å². The summed E-state index contributed by atoms with van der Waals surface area (Å²) in [5, 5.41) is 24.3. The summed E-state index contributed by atoms with van der Waals surface area (Å²) in [5.41, 5.74) is 6.05. The molecule has 0 aliphatic carbocycles. The Labute approximate surface area is 257 Å². The number of hydrogen-bond donors (Lipinski definition) is 5. The van der Waals surface area contributed by atoms with Crippen LogP contribution in [-0.2, 0) is 19.1 Å². The second-order valence-corrected chi connectivity index (χ2v) is 14.7. The number of nitrogens with zero attached hydrogens (tertiary/aromatic N) is 1. The lowest BCUT2D eigenvalue weighted by Gasteiger charge is -2.32. The summed E-state index contributed by atoms with van der Waals surface area (Å²) < 4.78 is 5.17. The van der Waals surface area contributed by atoms with Crippen LogP contribution in [-0.4, -0.2) is 91.5 Å². The lowest BCUT2D eigenvalue weighted by atomic mass is 10.1. The van der Waals surface area contributed by atoms with E-state index < -0.39 is 41.8 Å². The Morgan fingerprint density at radius 3 is 2.33 bits per heavy atom. The minimum atomic E-state index is -1.29. The summed E-state index contributed by atoms with van der Waals surface area (Å²) in [4.78, 5) is 48.6. The number of benzene rings is 1. The molecule has 236 valence electrons. The Morgan fingerprint density at radius 1 is 1.17 bits per heavy atom. The number of ether oxygens (including phenoxy) is 1. The fraction of sp³-hybridized carbons (Fsp3) is 0.655. The van der Waals surface area contributed by atoms with E-state index in [0.29, 0.717) is 19.4 Å². The van der Waals surface area contributed by atoms with E-state index in [2.05, 4.69) is 10.6 Å². The molecule has 4 atom stereocenters. The molecule has 13 heteroatoms. The Balaban J connectivity index is 0.000000294. The van der Waals surface area contributed by atoms with Gasteiger partial charge in [-0.3, -0.25) is 14.5 Å². The third-order valence-corrected chi connectivity index (χ3v) is 9.96. The molecule has 2 aliphatic heterocycles. The van der Waals surface area contributed by atoms with Gasteiger partial charge in [0.05, 0.1) is 16.7 Å². The number of likely N-dealkylation sites (tertiary alicyclic amines) is 1. The van der Waals surface area contributed by atoms with Crippen molar-refractivity contribution < 1.29 is 34.1 Å². The zero-order valence-corrected chi connectivity index (χ0v) is 26.8. The van der Waals surface area contributed by atoms with E-state index in [1.807, 2.05) is 44.2 Å². The van der Waals surface area contributed by atoms with Gasteiger partial charge in [0.1, 0.15) is 17.7 Å². The second-order valence-electron chi connectivity index (χ2n) is 11.4. The van der Waals surface area contributed by atoms with E-state index >= 15 is 0 Å². The number of aliphatic hydroxyl groups is 1. The first-order chi connectivity index (χ1) is 19.7. The van der Waals surface area contributed by atoms with E-state index in [-0.39, 0.29) is 22.6 Å². The quantitative estimate of drug-likeness (QED) is 0.274. The van der Waals surface area contributed by atoms with E-state index in [1.165, 1.54) is 4.90 Å². The summed E-state index contributed by atoms with van der Waals surface area (Å²) >= 11 is 3.57.